The summed E-state index contributed by atoms with van der Waals surface area (Å²) in [4.78, 5) is 12.4. The zero-order chi connectivity index (χ0) is 20.2. The number of hydrogen-bond acceptors (Lipinski definition) is 5. The van der Waals surface area contributed by atoms with Crippen molar-refractivity contribution < 1.29 is 4.79 Å². The molecular weight excluding hydrogens is 382 g/mol. The Kier molecular flexibility index (Phi) is 6.04. The first kappa shape index (κ1) is 19.8. The van der Waals surface area contributed by atoms with E-state index < -0.39 is 0 Å². The van der Waals surface area contributed by atoms with E-state index in [1.54, 1.807) is 0 Å². The van der Waals surface area contributed by atoms with Gasteiger partial charge in [-0.15, -0.1) is 10.2 Å². The summed E-state index contributed by atoms with van der Waals surface area (Å²) in [6.07, 6.45) is 5.30. The normalized spacial score (nSPS) is 19.3. The minimum absolute atomic E-state index is 0.0346. The molecule has 3 aromatic rings. The standard InChI is InChI=1S/C22H27N5OS/c1-15-7-2-5-12-19(15)24-21(28)14-29-22-26-25-20(27(22)23)13-17-10-6-9-16-8-3-4-11-18(16)17/h3-4,6,8-11,15,19H,2,5,7,12-14,23H2,1H3,(H,24,28)/t15-,19-/m1/s1. The Balaban J connectivity index is 1.39. The van der Waals surface area contributed by atoms with Crippen molar-refractivity contribution in [3.05, 3.63) is 53.9 Å². The highest BCUT2D eigenvalue weighted by atomic mass is 32.2. The highest BCUT2D eigenvalue weighted by Crippen LogP contribution is 2.25. The predicted molar refractivity (Wildman–Crippen MR) is 117 cm³/mol. The van der Waals surface area contributed by atoms with Gasteiger partial charge < -0.3 is 11.2 Å². The molecule has 0 spiro atoms. The molecule has 1 saturated carbocycles. The van der Waals surface area contributed by atoms with Crippen molar-refractivity contribution in [1.82, 2.24) is 20.2 Å². The van der Waals surface area contributed by atoms with Crippen LogP contribution in [0.1, 0.15) is 44.0 Å². The van der Waals surface area contributed by atoms with Gasteiger partial charge in [0.1, 0.15) is 0 Å². The molecule has 1 aliphatic carbocycles. The van der Waals surface area contributed by atoms with Crippen LogP contribution in [0.3, 0.4) is 0 Å². The molecule has 0 bridgehead atoms. The fourth-order valence-electron chi connectivity index (χ4n) is 4.05. The highest BCUT2D eigenvalue weighted by molar-refractivity contribution is 7.99. The molecule has 1 aromatic heterocycles. The minimum atomic E-state index is 0.0346. The molecule has 0 saturated heterocycles. The summed E-state index contributed by atoms with van der Waals surface area (Å²) in [5.41, 5.74) is 1.16. The Bertz CT molecular complexity index is 997. The quantitative estimate of drug-likeness (QED) is 0.481. The lowest BCUT2D eigenvalue weighted by Gasteiger charge is -2.29. The molecule has 152 valence electrons. The third kappa shape index (κ3) is 4.56. The number of carbonyl (C=O) groups is 1. The molecule has 2 aromatic carbocycles. The number of aromatic nitrogens is 3. The van der Waals surface area contributed by atoms with Gasteiger partial charge in [-0.25, -0.2) is 4.68 Å². The van der Waals surface area contributed by atoms with Gasteiger partial charge in [-0.2, -0.15) is 0 Å². The van der Waals surface area contributed by atoms with Crippen LogP contribution in [0.25, 0.3) is 10.8 Å². The van der Waals surface area contributed by atoms with Crippen molar-refractivity contribution in [3.8, 4) is 0 Å². The molecule has 1 fully saturated rings. The number of carbonyl (C=O) groups excluding carboxylic acids is 1. The molecule has 0 aliphatic heterocycles. The van der Waals surface area contributed by atoms with E-state index in [-0.39, 0.29) is 11.9 Å². The van der Waals surface area contributed by atoms with Gasteiger partial charge in [-0.1, -0.05) is 74.0 Å². The molecule has 1 aliphatic rings. The van der Waals surface area contributed by atoms with E-state index in [2.05, 4.69) is 46.7 Å². The van der Waals surface area contributed by atoms with Crippen molar-refractivity contribution in [1.29, 1.82) is 0 Å². The fraction of sp³-hybridized carbons (Fsp3) is 0.409. The zero-order valence-electron chi connectivity index (χ0n) is 16.7. The number of nitrogens with one attached hydrogen (secondary N) is 1. The number of rotatable bonds is 6. The van der Waals surface area contributed by atoms with Crippen LogP contribution in [-0.4, -0.2) is 32.6 Å². The number of fused-ring (bicyclic) bond motifs is 1. The highest BCUT2D eigenvalue weighted by Gasteiger charge is 2.23. The number of amides is 1. The summed E-state index contributed by atoms with van der Waals surface area (Å²) in [5, 5.41) is 14.6. The van der Waals surface area contributed by atoms with Gasteiger partial charge in [0.05, 0.1) is 5.75 Å². The number of thioether (sulfide) groups is 1. The van der Waals surface area contributed by atoms with E-state index in [0.29, 0.717) is 29.1 Å². The number of benzene rings is 2. The first-order valence-corrected chi connectivity index (χ1v) is 11.2. The van der Waals surface area contributed by atoms with Crippen LogP contribution in [0.2, 0.25) is 0 Å². The minimum Gasteiger partial charge on any atom is -0.352 e. The molecule has 6 nitrogen and oxygen atoms in total. The Morgan fingerprint density at radius 3 is 2.83 bits per heavy atom. The van der Waals surface area contributed by atoms with E-state index in [1.165, 1.54) is 46.5 Å². The number of nitrogen functional groups attached to an aromatic ring is 1. The molecule has 3 N–H and O–H groups in total. The van der Waals surface area contributed by atoms with E-state index in [4.69, 9.17) is 5.84 Å². The second-order valence-electron chi connectivity index (χ2n) is 7.81. The van der Waals surface area contributed by atoms with Crippen LogP contribution in [0.15, 0.2) is 47.6 Å². The molecule has 0 unspecified atom stereocenters. The van der Waals surface area contributed by atoms with Gasteiger partial charge in [0.2, 0.25) is 11.1 Å². The average molecular weight is 410 g/mol. The Labute approximate surface area is 175 Å². The van der Waals surface area contributed by atoms with Gasteiger partial charge in [-0.05, 0) is 35.1 Å². The van der Waals surface area contributed by atoms with Crippen LogP contribution in [0, 0.1) is 5.92 Å². The first-order chi connectivity index (χ1) is 14.1. The molecule has 0 radical (unpaired) electrons. The van der Waals surface area contributed by atoms with E-state index >= 15 is 0 Å². The maximum absolute atomic E-state index is 12.4. The van der Waals surface area contributed by atoms with Crippen molar-refractivity contribution >= 4 is 28.4 Å². The topological polar surface area (TPSA) is 85.8 Å². The van der Waals surface area contributed by atoms with Gasteiger partial charge in [0.15, 0.2) is 5.82 Å². The lowest BCUT2D eigenvalue weighted by atomic mass is 9.86. The van der Waals surface area contributed by atoms with E-state index in [9.17, 15) is 4.79 Å². The van der Waals surface area contributed by atoms with E-state index in [0.717, 1.165) is 12.0 Å². The Morgan fingerprint density at radius 2 is 1.97 bits per heavy atom. The first-order valence-electron chi connectivity index (χ1n) is 10.2. The van der Waals surface area contributed by atoms with Crippen molar-refractivity contribution in [2.75, 3.05) is 11.6 Å². The molecule has 29 heavy (non-hydrogen) atoms. The van der Waals surface area contributed by atoms with Crippen LogP contribution in [0.4, 0.5) is 0 Å². The number of nitrogens with two attached hydrogens (primary N) is 1. The Hall–Kier alpha value is -2.54. The smallest absolute Gasteiger partial charge is 0.230 e. The van der Waals surface area contributed by atoms with Crippen molar-refractivity contribution in [2.24, 2.45) is 5.92 Å². The SMILES string of the molecule is C[C@@H]1CCCC[C@H]1NC(=O)CSc1nnc(Cc2cccc3ccccc23)n1N. The summed E-state index contributed by atoms with van der Waals surface area (Å²) in [6.45, 7) is 2.22. The summed E-state index contributed by atoms with van der Waals surface area (Å²) in [5.74, 6) is 7.79. The molecule has 1 heterocycles. The number of nitrogens with zero attached hydrogens (tertiary/aromatic N) is 3. The lowest BCUT2D eigenvalue weighted by Crippen LogP contribution is -2.41. The second-order valence-corrected chi connectivity index (χ2v) is 8.75. The fourth-order valence-corrected chi connectivity index (χ4v) is 4.74. The maximum Gasteiger partial charge on any atom is 0.230 e. The van der Waals surface area contributed by atoms with E-state index in [1.807, 2.05) is 18.2 Å². The van der Waals surface area contributed by atoms with Crippen LogP contribution in [0.5, 0.6) is 0 Å². The number of hydrogen-bond donors (Lipinski definition) is 2. The molecule has 1 amide bonds. The molecular formula is C22H27N5OS. The maximum atomic E-state index is 12.4. The monoisotopic (exact) mass is 409 g/mol. The molecule has 4 rings (SSSR count). The second kappa shape index (κ2) is 8.86. The third-order valence-corrected chi connectivity index (χ3v) is 6.70. The average Bonchev–Trinajstić information content (AvgIpc) is 3.08. The molecule has 7 heteroatoms. The summed E-state index contributed by atoms with van der Waals surface area (Å²) < 4.78 is 1.50. The molecule has 2 atom stereocenters. The summed E-state index contributed by atoms with van der Waals surface area (Å²) >= 11 is 1.33. The summed E-state index contributed by atoms with van der Waals surface area (Å²) in [6, 6.07) is 14.8. The van der Waals surface area contributed by atoms with Gasteiger partial charge in [0.25, 0.3) is 0 Å². The lowest BCUT2D eigenvalue weighted by molar-refractivity contribution is -0.119. The Morgan fingerprint density at radius 1 is 1.17 bits per heavy atom. The zero-order valence-corrected chi connectivity index (χ0v) is 17.5. The predicted octanol–water partition coefficient (Wildman–Crippen LogP) is 3.52. The van der Waals surface area contributed by atoms with Gasteiger partial charge >= 0.3 is 0 Å². The van der Waals surface area contributed by atoms with Crippen LogP contribution >= 0.6 is 11.8 Å². The van der Waals surface area contributed by atoms with Crippen molar-refractivity contribution in [2.45, 2.75) is 50.2 Å². The van der Waals surface area contributed by atoms with Crippen LogP contribution < -0.4 is 11.2 Å². The van der Waals surface area contributed by atoms with Gasteiger partial charge in [-0.3, -0.25) is 4.79 Å². The largest absolute Gasteiger partial charge is 0.352 e. The van der Waals surface area contributed by atoms with Crippen molar-refractivity contribution in [3.63, 3.8) is 0 Å². The third-order valence-electron chi connectivity index (χ3n) is 5.75. The van der Waals surface area contributed by atoms with Gasteiger partial charge in [0, 0.05) is 12.5 Å². The summed E-state index contributed by atoms with van der Waals surface area (Å²) in [7, 11) is 0. The van der Waals surface area contributed by atoms with Crippen LogP contribution in [-0.2, 0) is 11.2 Å².